The van der Waals surface area contributed by atoms with Crippen LogP contribution in [0.5, 0.6) is 0 Å². The average molecular weight is 345 g/mol. The largest absolute Gasteiger partial charge is 0.305 e. The Labute approximate surface area is 151 Å². The second-order valence-corrected chi connectivity index (χ2v) is 6.27. The van der Waals surface area contributed by atoms with E-state index in [-0.39, 0.29) is 5.91 Å². The standard InChI is InChI=1S/C20H19N5O/c26-19(9-8-15-7-4-10-21-11-15)22-20-17-13-25(14-18(17)23-24-20)12-16-5-2-1-3-6-16/h1-11H,12-14H2,(H2,22,23,24,26). The van der Waals surface area contributed by atoms with Gasteiger partial charge >= 0.3 is 0 Å². The molecule has 3 heterocycles. The number of nitrogens with zero attached hydrogens (tertiary/aromatic N) is 3. The number of amides is 1. The molecule has 1 amide bonds. The molecule has 0 atom stereocenters. The van der Waals surface area contributed by atoms with Crippen molar-refractivity contribution >= 4 is 17.8 Å². The molecule has 0 bridgehead atoms. The van der Waals surface area contributed by atoms with E-state index in [9.17, 15) is 4.79 Å². The number of hydrogen-bond acceptors (Lipinski definition) is 4. The van der Waals surface area contributed by atoms with Gasteiger partial charge in [-0.2, -0.15) is 5.10 Å². The fraction of sp³-hybridized carbons (Fsp3) is 0.150. The predicted molar refractivity (Wildman–Crippen MR) is 99.9 cm³/mol. The summed E-state index contributed by atoms with van der Waals surface area (Å²) in [6.45, 7) is 2.44. The lowest BCUT2D eigenvalue weighted by Crippen LogP contribution is -2.17. The average Bonchev–Trinajstić information content (AvgIpc) is 3.23. The third-order valence-electron chi connectivity index (χ3n) is 4.32. The lowest BCUT2D eigenvalue weighted by Gasteiger charge is -2.15. The van der Waals surface area contributed by atoms with Crippen molar-refractivity contribution in [2.45, 2.75) is 19.6 Å². The van der Waals surface area contributed by atoms with E-state index in [0.717, 1.165) is 36.5 Å². The first kappa shape index (κ1) is 16.2. The van der Waals surface area contributed by atoms with E-state index in [1.807, 2.05) is 30.3 Å². The number of aromatic nitrogens is 3. The molecule has 0 saturated heterocycles. The zero-order chi connectivity index (χ0) is 17.8. The number of hydrogen-bond donors (Lipinski definition) is 2. The molecule has 1 aliphatic rings. The summed E-state index contributed by atoms with van der Waals surface area (Å²) in [6, 6.07) is 14.1. The zero-order valence-corrected chi connectivity index (χ0v) is 14.2. The number of H-pyrrole nitrogens is 1. The highest BCUT2D eigenvalue weighted by atomic mass is 16.1. The summed E-state index contributed by atoms with van der Waals surface area (Å²) < 4.78 is 0. The van der Waals surface area contributed by atoms with Crippen molar-refractivity contribution in [3.8, 4) is 0 Å². The number of anilines is 1. The Hall–Kier alpha value is -3.25. The number of pyridine rings is 1. The number of nitrogens with one attached hydrogen (secondary N) is 2. The molecule has 26 heavy (non-hydrogen) atoms. The van der Waals surface area contributed by atoms with Crippen LogP contribution in [0.3, 0.4) is 0 Å². The molecule has 3 aromatic rings. The number of fused-ring (bicyclic) bond motifs is 1. The summed E-state index contributed by atoms with van der Waals surface area (Å²) in [5.74, 6) is 0.404. The molecule has 0 unspecified atom stereocenters. The summed E-state index contributed by atoms with van der Waals surface area (Å²) in [5.41, 5.74) is 4.27. The van der Waals surface area contributed by atoms with Crippen molar-refractivity contribution in [3.63, 3.8) is 0 Å². The van der Waals surface area contributed by atoms with Gasteiger partial charge in [0, 0.05) is 43.7 Å². The van der Waals surface area contributed by atoms with Gasteiger partial charge in [-0.25, -0.2) is 0 Å². The first-order valence-electron chi connectivity index (χ1n) is 8.49. The SMILES string of the molecule is O=C(C=Cc1cccnc1)Nc1n[nH]c2c1CN(Cc1ccccc1)C2. The normalized spacial score (nSPS) is 13.8. The van der Waals surface area contributed by atoms with Crippen molar-refractivity contribution in [1.82, 2.24) is 20.1 Å². The molecular formula is C20H19N5O. The van der Waals surface area contributed by atoms with Crippen molar-refractivity contribution in [3.05, 3.63) is 83.3 Å². The van der Waals surface area contributed by atoms with E-state index in [4.69, 9.17) is 0 Å². The van der Waals surface area contributed by atoms with E-state index >= 15 is 0 Å². The first-order chi connectivity index (χ1) is 12.8. The number of rotatable bonds is 5. The quantitative estimate of drug-likeness (QED) is 0.697. The van der Waals surface area contributed by atoms with Gasteiger partial charge in [0.05, 0.1) is 5.69 Å². The first-order valence-corrected chi connectivity index (χ1v) is 8.49. The lowest BCUT2D eigenvalue weighted by molar-refractivity contribution is -0.111. The molecule has 1 aliphatic heterocycles. The highest BCUT2D eigenvalue weighted by molar-refractivity contribution is 6.01. The Morgan fingerprint density at radius 1 is 1.19 bits per heavy atom. The van der Waals surface area contributed by atoms with Gasteiger partial charge in [-0.15, -0.1) is 0 Å². The second-order valence-electron chi connectivity index (χ2n) is 6.27. The molecule has 130 valence electrons. The van der Waals surface area contributed by atoms with Gasteiger partial charge in [0.2, 0.25) is 5.91 Å². The maximum Gasteiger partial charge on any atom is 0.249 e. The van der Waals surface area contributed by atoms with Gasteiger partial charge in [-0.3, -0.25) is 19.8 Å². The van der Waals surface area contributed by atoms with Gasteiger partial charge < -0.3 is 5.32 Å². The number of benzene rings is 1. The molecule has 0 fully saturated rings. The van der Waals surface area contributed by atoms with Crippen LogP contribution in [0.25, 0.3) is 6.08 Å². The molecule has 6 nitrogen and oxygen atoms in total. The van der Waals surface area contributed by atoms with Gasteiger partial charge in [0.25, 0.3) is 0 Å². The Morgan fingerprint density at radius 2 is 2.08 bits per heavy atom. The molecular weight excluding hydrogens is 326 g/mol. The van der Waals surface area contributed by atoms with Gasteiger partial charge in [-0.05, 0) is 23.3 Å². The van der Waals surface area contributed by atoms with E-state index < -0.39 is 0 Å². The van der Waals surface area contributed by atoms with Crippen molar-refractivity contribution in [2.75, 3.05) is 5.32 Å². The molecule has 6 heteroatoms. The van der Waals surface area contributed by atoms with Crippen LogP contribution in [0.15, 0.2) is 60.9 Å². The fourth-order valence-corrected chi connectivity index (χ4v) is 3.07. The Kier molecular flexibility index (Phi) is 4.57. The predicted octanol–water partition coefficient (Wildman–Crippen LogP) is 2.97. The minimum atomic E-state index is -0.204. The minimum Gasteiger partial charge on any atom is -0.305 e. The Morgan fingerprint density at radius 3 is 2.88 bits per heavy atom. The van der Waals surface area contributed by atoms with Crippen molar-refractivity contribution in [2.24, 2.45) is 0 Å². The molecule has 0 radical (unpaired) electrons. The summed E-state index contributed by atoms with van der Waals surface area (Å²) >= 11 is 0. The third-order valence-corrected chi connectivity index (χ3v) is 4.32. The second kappa shape index (κ2) is 7.33. The molecule has 2 N–H and O–H groups in total. The Bertz CT molecular complexity index is 918. The van der Waals surface area contributed by atoms with Crippen molar-refractivity contribution in [1.29, 1.82) is 0 Å². The fourth-order valence-electron chi connectivity index (χ4n) is 3.07. The maximum absolute atomic E-state index is 12.2. The molecule has 0 saturated carbocycles. The zero-order valence-electron chi connectivity index (χ0n) is 14.2. The van der Waals surface area contributed by atoms with Crippen LogP contribution in [-0.2, 0) is 24.4 Å². The number of aromatic amines is 1. The van der Waals surface area contributed by atoms with Crippen LogP contribution < -0.4 is 5.32 Å². The monoisotopic (exact) mass is 345 g/mol. The number of carbonyl (C=O) groups is 1. The van der Waals surface area contributed by atoms with E-state index in [0.29, 0.717) is 5.82 Å². The summed E-state index contributed by atoms with van der Waals surface area (Å²) in [6.07, 6.45) is 6.63. The third kappa shape index (κ3) is 3.70. The topological polar surface area (TPSA) is 73.9 Å². The molecule has 0 aliphatic carbocycles. The summed E-state index contributed by atoms with van der Waals surface area (Å²) in [5, 5.41) is 10.1. The van der Waals surface area contributed by atoms with Crippen LogP contribution in [0, 0.1) is 0 Å². The maximum atomic E-state index is 12.2. The molecule has 2 aromatic heterocycles. The highest BCUT2D eigenvalue weighted by Crippen LogP contribution is 2.28. The van der Waals surface area contributed by atoms with Crippen LogP contribution in [0.2, 0.25) is 0 Å². The minimum absolute atomic E-state index is 0.204. The Balaban J connectivity index is 1.39. The summed E-state index contributed by atoms with van der Waals surface area (Å²) in [7, 11) is 0. The summed E-state index contributed by atoms with van der Waals surface area (Å²) in [4.78, 5) is 18.5. The smallest absolute Gasteiger partial charge is 0.249 e. The highest BCUT2D eigenvalue weighted by Gasteiger charge is 2.25. The molecule has 4 rings (SSSR count). The van der Waals surface area contributed by atoms with E-state index in [1.165, 1.54) is 11.6 Å². The van der Waals surface area contributed by atoms with Gasteiger partial charge in [0.1, 0.15) is 0 Å². The van der Waals surface area contributed by atoms with E-state index in [2.05, 4.69) is 37.5 Å². The number of carbonyl (C=O) groups excluding carboxylic acids is 1. The van der Waals surface area contributed by atoms with Crippen LogP contribution in [0.4, 0.5) is 5.82 Å². The lowest BCUT2D eigenvalue weighted by atomic mass is 10.2. The van der Waals surface area contributed by atoms with E-state index in [1.54, 1.807) is 18.5 Å². The van der Waals surface area contributed by atoms with Crippen LogP contribution in [0.1, 0.15) is 22.4 Å². The van der Waals surface area contributed by atoms with Crippen LogP contribution >= 0.6 is 0 Å². The molecule has 1 aromatic carbocycles. The van der Waals surface area contributed by atoms with Crippen LogP contribution in [-0.4, -0.2) is 26.0 Å². The van der Waals surface area contributed by atoms with Gasteiger partial charge in [-0.1, -0.05) is 36.4 Å². The van der Waals surface area contributed by atoms with Gasteiger partial charge in [0.15, 0.2) is 5.82 Å². The van der Waals surface area contributed by atoms with Crippen molar-refractivity contribution < 1.29 is 4.79 Å². The molecule has 0 spiro atoms.